The second-order valence-electron chi connectivity index (χ2n) is 5.91. The highest BCUT2D eigenvalue weighted by atomic mass is 32.2. The van der Waals surface area contributed by atoms with E-state index in [4.69, 9.17) is 0 Å². The number of pyridine rings is 1. The lowest BCUT2D eigenvalue weighted by Gasteiger charge is -2.29. The van der Waals surface area contributed by atoms with Crippen molar-refractivity contribution in [1.82, 2.24) is 25.5 Å². The van der Waals surface area contributed by atoms with Crippen molar-refractivity contribution in [3.8, 4) is 11.5 Å². The number of nitrogens with one attached hydrogen (secondary N) is 2. The smallest absolute Gasteiger partial charge is 0.230 e. The lowest BCUT2D eigenvalue weighted by molar-refractivity contribution is -0.119. The Labute approximate surface area is 139 Å². The van der Waals surface area contributed by atoms with E-state index in [-0.39, 0.29) is 5.91 Å². The van der Waals surface area contributed by atoms with Gasteiger partial charge in [-0.15, -0.1) is 5.10 Å². The summed E-state index contributed by atoms with van der Waals surface area (Å²) in [6.07, 6.45) is 6.48. The first kappa shape index (κ1) is 16.0. The lowest BCUT2D eigenvalue weighted by Crippen LogP contribution is -2.41. The number of carbonyl (C=O) groups excluding carboxylic acids is 1. The van der Waals surface area contributed by atoms with Gasteiger partial charge in [0.05, 0.1) is 5.75 Å². The average molecular weight is 331 g/mol. The summed E-state index contributed by atoms with van der Waals surface area (Å²) in [6.45, 7) is 2.21. The van der Waals surface area contributed by atoms with Crippen LogP contribution in [0.2, 0.25) is 0 Å². The minimum absolute atomic E-state index is 0.0536. The number of nitrogens with zero attached hydrogens (tertiary/aromatic N) is 3. The molecule has 1 saturated carbocycles. The summed E-state index contributed by atoms with van der Waals surface area (Å²) in [6, 6.07) is 5.93. The van der Waals surface area contributed by atoms with Crippen molar-refractivity contribution in [3.05, 3.63) is 24.4 Å². The van der Waals surface area contributed by atoms with Crippen LogP contribution in [0.1, 0.15) is 32.6 Å². The molecule has 6 nitrogen and oxygen atoms in total. The van der Waals surface area contributed by atoms with Crippen molar-refractivity contribution in [2.75, 3.05) is 5.75 Å². The van der Waals surface area contributed by atoms with Gasteiger partial charge in [0.2, 0.25) is 11.1 Å². The van der Waals surface area contributed by atoms with Gasteiger partial charge in [-0.1, -0.05) is 37.6 Å². The Hall–Kier alpha value is -1.89. The highest BCUT2D eigenvalue weighted by Gasteiger charge is 2.22. The Kier molecular flexibility index (Phi) is 5.27. The molecule has 1 amide bonds. The molecule has 1 aliphatic rings. The number of aromatic amines is 1. The highest BCUT2D eigenvalue weighted by Crippen LogP contribution is 2.24. The number of amides is 1. The van der Waals surface area contributed by atoms with Crippen LogP contribution in [0.4, 0.5) is 0 Å². The summed E-state index contributed by atoms with van der Waals surface area (Å²) >= 11 is 1.34. The zero-order chi connectivity index (χ0) is 16.1. The van der Waals surface area contributed by atoms with Crippen LogP contribution in [0, 0.1) is 5.92 Å². The van der Waals surface area contributed by atoms with Gasteiger partial charge in [-0.3, -0.25) is 14.9 Å². The lowest BCUT2D eigenvalue weighted by atomic mass is 9.86. The molecule has 23 heavy (non-hydrogen) atoms. The van der Waals surface area contributed by atoms with Crippen molar-refractivity contribution >= 4 is 17.7 Å². The van der Waals surface area contributed by atoms with Gasteiger partial charge in [0.25, 0.3) is 0 Å². The van der Waals surface area contributed by atoms with Crippen LogP contribution in [0.3, 0.4) is 0 Å². The topological polar surface area (TPSA) is 83.6 Å². The van der Waals surface area contributed by atoms with Crippen LogP contribution in [-0.2, 0) is 4.79 Å². The van der Waals surface area contributed by atoms with E-state index in [0.29, 0.717) is 28.7 Å². The maximum atomic E-state index is 12.1. The zero-order valence-corrected chi connectivity index (χ0v) is 14.0. The molecule has 2 atom stereocenters. The van der Waals surface area contributed by atoms with Crippen molar-refractivity contribution in [2.24, 2.45) is 5.92 Å². The standard InChI is InChI=1S/C16H21N5OS/c1-11-6-2-3-7-12(11)18-14(22)10-23-16-19-15(20-21-16)13-8-4-5-9-17-13/h4-5,8-9,11-12H,2-3,6-7,10H2,1H3,(H,18,22)(H,19,20,21)/t11-,12+/m0/s1. The first-order chi connectivity index (χ1) is 11.2. The van der Waals surface area contributed by atoms with E-state index < -0.39 is 0 Å². The van der Waals surface area contributed by atoms with E-state index in [2.05, 4.69) is 32.4 Å². The van der Waals surface area contributed by atoms with Gasteiger partial charge in [0, 0.05) is 12.2 Å². The number of rotatable bonds is 5. The molecule has 0 spiro atoms. The van der Waals surface area contributed by atoms with Gasteiger partial charge < -0.3 is 5.32 Å². The summed E-state index contributed by atoms with van der Waals surface area (Å²) < 4.78 is 0. The molecule has 2 heterocycles. The molecule has 2 N–H and O–H groups in total. The van der Waals surface area contributed by atoms with Crippen LogP contribution in [0.25, 0.3) is 11.5 Å². The predicted octanol–water partition coefficient (Wildman–Crippen LogP) is 2.65. The first-order valence-corrected chi connectivity index (χ1v) is 8.97. The molecular formula is C16H21N5OS. The van der Waals surface area contributed by atoms with Crippen LogP contribution in [-0.4, -0.2) is 37.9 Å². The summed E-state index contributed by atoms with van der Waals surface area (Å²) in [5.74, 6) is 1.58. The van der Waals surface area contributed by atoms with E-state index in [9.17, 15) is 4.79 Å². The number of H-pyrrole nitrogens is 1. The van der Waals surface area contributed by atoms with Gasteiger partial charge in [-0.05, 0) is 30.9 Å². The molecule has 0 bridgehead atoms. The molecule has 0 saturated heterocycles. The Balaban J connectivity index is 1.50. The number of hydrogen-bond donors (Lipinski definition) is 2. The quantitative estimate of drug-likeness (QED) is 0.823. The van der Waals surface area contributed by atoms with Gasteiger partial charge in [-0.25, -0.2) is 0 Å². The third-order valence-corrected chi connectivity index (χ3v) is 5.01. The monoisotopic (exact) mass is 331 g/mol. The van der Waals surface area contributed by atoms with E-state index in [0.717, 1.165) is 12.1 Å². The van der Waals surface area contributed by atoms with Crippen molar-refractivity contribution in [1.29, 1.82) is 0 Å². The van der Waals surface area contributed by atoms with Crippen molar-refractivity contribution < 1.29 is 4.79 Å². The Morgan fingerprint density at radius 3 is 3.04 bits per heavy atom. The Morgan fingerprint density at radius 2 is 2.26 bits per heavy atom. The molecule has 2 aromatic heterocycles. The van der Waals surface area contributed by atoms with Crippen LogP contribution in [0.5, 0.6) is 0 Å². The fourth-order valence-corrected chi connectivity index (χ4v) is 3.45. The normalized spacial score (nSPS) is 21.1. The molecule has 0 aromatic carbocycles. The molecular weight excluding hydrogens is 310 g/mol. The third-order valence-electron chi connectivity index (χ3n) is 4.16. The molecule has 7 heteroatoms. The number of hydrogen-bond acceptors (Lipinski definition) is 5. The average Bonchev–Trinajstić information content (AvgIpc) is 3.05. The fourth-order valence-electron chi connectivity index (χ4n) is 2.84. The van der Waals surface area contributed by atoms with Gasteiger partial charge >= 0.3 is 0 Å². The first-order valence-electron chi connectivity index (χ1n) is 7.98. The summed E-state index contributed by atoms with van der Waals surface area (Å²) in [7, 11) is 0. The molecule has 0 unspecified atom stereocenters. The molecule has 1 aliphatic carbocycles. The second-order valence-corrected chi connectivity index (χ2v) is 6.85. The molecule has 0 aliphatic heterocycles. The van der Waals surface area contributed by atoms with Crippen molar-refractivity contribution in [3.63, 3.8) is 0 Å². The van der Waals surface area contributed by atoms with Gasteiger partial charge in [-0.2, -0.15) is 4.98 Å². The van der Waals surface area contributed by atoms with Gasteiger partial charge in [0.1, 0.15) is 5.69 Å². The number of thioether (sulfide) groups is 1. The maximum Gasteiger partial charge on any atom is 0.230 e. The van der Waals surface area contributed by atoms with E-state index >= 15 is 0 Å². The Morgan fingerprint density at radius 1 is 1.39 bits per heavy atom. The minimum atomic E-state index is 0.0536. The van der Waals surface area contributed by atoms with E-state index in [1.54, 1.807) is 6.20 Å². The molecule has 122 valence electrons. The summed E-state index contributed by atoms with van der Waals surface area (Å²) in [5.41, 5.74) is 0.743. The Bertz CT molecular complexity index is 645. The molecule has 1 fully saturated rings. The van der Waals surface area contributed by atoms with E-state index in [1.807, 2.05) is 18.2 Å². The molecule has 3 rings (SSSR count). The van der Waals surface area contributed by atoms with Crippen LogP contribution < -0.4 is 5.32 Å². The van der Waals surface area contributed by atoms with Crippen LogP contribution >= 0.6 is 11.8 Å². The third kappa shape index (κ3) is 4.31. The maximum absolute atomic E-state index is 12.1. The van der Waals surface area contributed by atoms with Gasteiger partial charge in [0.15, 0.2) is 5.82 Å². The highest BCUT2D eigenvalue weighted by molar-refractivity contribution is 7.99. The van der Waals surface area contributed by atoms with E-state index in [1.165, 1.54) is 31.0 Å². The summed E-state index contributed by atoms with van der Waals surface area (Å²) in [5, 5.41) is 10.7. The fraction of sp³-hybridized carbons (Fsp3) is 0.500. The number of carbonyl (C=O) groups is 1. The zero-order valence-electron chi connectivity index (χ0n) is 13.2. The predicted molar refractivity (Wildman–Crippen MR) is 89.9 cm³/mol. The SMILES string of the molecule is C[C@H]1CCCC[C@H]1NC(=O)CSc1n[nH]c(-c2ccccn2)n1. The van der Waals surface area contributed by atoms with Crippen molar-refractivity contribution in [2.45, 2.75) is 43.8 Å². The molecule has 0 radical (unpaired) electrons. The summed E-state index contributed by atoms with van der Waals surface area (Å²) in [4.78, 5) is 20.7. The number of aromatic nitrogens is 4. The van der Waals surface area contributed by atoms with Crippen LogP contribution in [0.15, 0.2) is 29.6 Å². The largest absolute Gasteiger partial charge is 0.352 e. The second kappa shape index (κ2) is 7.59. The molecule has 2 aromatic rings. The minimum Gasteiger partial charge on any atom is -0.352 e.